The van der Waals surface area contributed by atoms with E-state index in [4.69, 9.17) is 5.73 Å². The summed E-state index contributed by atoms with van der Waals surface area (Å²) in [7, 11) is 0. The minimum atomic E-state index is -0.331. The smallest absolute Gasteiger partial charge is 0.256 e. The maximum Gasteiger partial charge on any atom is 0.256 e. The van der Waals surface area contributed by atoms with Gasteiger partial charge in [-0.05, 0) is 37.0 Å². The van der Waals surface area contributed by atoms with E-state index >= 15 is 0 Å². The third-order valence-electron chi connectivity index (χ3n) is 3.23. The number of aromatic nitrogens is 2. The molecule has 0 unspecified atom stereocenters. The summed E-state index contributed by atoms with van der Waals surface area (Å²) in [4.78, 5) is 18.5. The van der Waals surface area contributed by atoms with Crippen LogP contribution in [0.5, 0.6) is 0 Å². The summed E-state index contributed by atoms with van der Waals surface area (Å²) < 4.78 is 13.4. The van der Waals surface area contributed by atoms with E-state index in [1.807, 2.05) is 0 Å². The molecule has 1 aromatic carbocycles. The number of rotatable bonds is 0. The van der Waals surface area contributed by atoms with Crippen molar-refractivity contribution in [2.45, 2.75) is 19.3 Å². The molecule has 1 heterocycles. The average molecular weight is 245 g/mol. The van der Waals surface area contributed by atoms with E-state index < -0.39 is 0 Å². The highest BCUT2D eigenvalue weighted by Gasteiger charge is 2.19. The number of benzene rings is 1. The Kier molecular flexibility index (Phi) is 2.40. The van der Waals surface area contributed by atoms with E-state index in [0.29, 0.717) is 23.2 Å². The van der Waals surface area contributed by atoms with Gasteiger partial charge in [0.25, 0.3) is 5.56 Å². The van der Waals surface area contributed by atoms with Crippen LogP contribution in [0.25, 0.3) is 11.3 Å². The Morgan fingerprint density at radius 2 is 2.17 bits per heavy atom. The lowest BCUT2D eigenvalue weighted by molar-refractivity contribution is 0.627. The Balaban J connectivity index is 2.36. The third kappa shape index (κ3) is 1.68. The Labute approximate surface area is 103 Å². The highest BCUT2D eigenvalue weighted by Crippen LogP contribution is 2.30. The molecule has 18 heavy (non-hydrogen) atoms. The quantitative estimate of drug-likeness (QED) is 0.741. The molecule has 0 bridgehead atoms. The van der Waals surface area contributed by atoms with Gasteiger partial charge >= 0.3 is 0 Å². The van der Waals surface area contributed by atoms with Gasteiger partial charge in [0.15, 0.2) is 0 Å². The number of nitrogens with two attached hydrogens (primary N) is 1. The lowest BCUT2D eigenvalue weighted by Gasteiger charge is -2.08. The fourth-order valence-corrected chi connectivity index (χ4v) is 2.41. The first-order chi connectivity index (χ1) is 8.65. The molecule has 0 amide bonds. The van der Waals surface area contributed by atoms with Gasteiger partial charge in [-0.1, -0.05) is 6.07 Å². The monoisotopic (exact) mass is 245 g/mol. The first kappa shape index (κ1) is 11.0. The zero-order chi connectivity index (χ0) is 12.7. The van der Waals surface area contributed by atoms with Crippen LogP contribution in [0.15, 0.2) is 23.0 Å². The Hall–Kier alpha value is -2.17. The van der Waals surface area contributed by atoms with E-state index in [-0.39, 0.29) is 17.3 Å². The van der Waals surface area contributed by atoms with Crippen LogP contribution >= 0.6 is 0 Å². The van der Waals surface area contributed by atoms with E-state index in [0.717, 1.165) is 18.4 Å². The summed E-state index contributed by atoms with van der Waals surface area (Å²) >= 11 is 0. The van der Waals surface area contributed by atoms with Crippen LogP contribution < -0.4 is 11.3 Å². The van der Waals surface area contributed by atoms with Gasteiger partial charge in [0.1, 0.15) is 5.82 Å². The summed E-state index contributed by atoms with van der Waals surface area (Å²) in [5.74, 6) is -0.266. The molecule has 4 nitrogen and oxygen atoms in total. The van der Waals surface area contributed by atoms with Crippen molar-refractivity contribution in [1.82, 2.24) is 9.97 Å². The standard InChI is InChI=1S/C13H12FN3O/c14-8-5-4-7-2-1-3-9-11(10(7)6-8)16-13(15)17-12(9)18/h4-6H,1-3H2,(H3,15,16,17,18). The van der Waals surface area contributed by atoms with Crippen molar-refractivity contribution in [1.29, 1.82) is 0 Å². The van der Waals surface area contributed by atoms with Crippen LogP contribution in [-0.4, -0.2) is 9.97 Å². The van der Waals surface area contributed by atoms with Gasteiger partial charge in [0.2, 0.25) is 5.95 Å². The van der Waals surface area contributed by atoms with Crippen molar-refractivity contribution in [3.63, 3.8) is 0 Å². The maximum atomic E-state index is 13.4. The first-order valence-corrected chi connectivity index (χ1v) is 5.82. The lowest BCUT2D eigenvalue weighted by Crippen LogP contribution is -2.17. The van der Waals surface area contributed by atoms with Gasteiger partial charge in [0.05, 0.1) is 5.69 Å². The van der Waals surface area contributed by atoms with E-state index in [1.165, 1.54) is 12.1 Å². The number of nitrogens with zero attached hydrogens (tertiary/aromatic N) is 1. The largest absolute Gasteiger partial charge is 0.369 e. The molecule has 3 rings (SSSR count). The summed E-state index contributed by atoms with van der Waals surface area (Å²) in [5, 5.41) is 0. The van der Waals surface area contributed by atoms with Crippen molar-refractivity contribution >= 4 is 5.95 Å². The number of aromatic amines is 1. The number of nitrogen functional groups attached to an aromatic ring is 1. The topological polar surface area (TPSA) is 71.8 Å². The van der Waals surface area contributed by atoms with Crippen LogP contribution in [0.4, 0.5) is 10.3 Å². The minimum absolute atomic E-state index is 0.0656. The summed E-state index contributed by atoms with van der Waals surface area (Å²) in [6, 6.07) is 4.60. The average Bonchev–Trinajstić information content (AvgIpc) is 2.49. The number of nitrogens with one attached hydrogen (secondary N) is 1. The zero-order valence-corrected chi connectivity index (χ0v) is 9.66. The molecule has 1 aliphatic carbocycles. The molecule has 2 aromatic rings. The van der Waals surface area contributed by atoms with Crippen LogP contribution in [0, 0.1) is 5.82 Å². The fourth-order valence-electron chi connectivity index (χ4n) is 2.41. The number of hydrogen-bond donors (Lipinski definition) is 2. The number of H-pyrrole nitrogens is 1. The van der Waals surface area contributed by atoms with Crippen LogP contribution in [-0.2, 0) is 12.8 Å². The second-order valence-electron chi connectivity index (χ2n) is 4.43. The predicted octanol–water partition coefficient (Wildman–Crippen LogP) is 1.65. The SMILES string of the molecule is Nc1nc2c(c(=O)[nH]1)CCCc1ccc(F)cc1-2. The van der Waals surface area contributed by atoms with Crippen LogP contribution in [0.2, 0.25) is 0 Å². The molecular weight excluding hydrogens is 233 g/mol. The summed E-state index contributed by atoms with van der Waals surface area (Å²) in [5.41, 5.74) is 8.14. The second-order valence-corrected chi connectivity index (χ2v) is 4.43. The van der Waals surface area contributed by atoms with E-state index in [1.54, 1.807) is 6.07 Å². The van der Waals surface area contributed by atoms with Crippen molar-refractivity contribution in [2.75, 3.05) is 5.73 Å². The molecule has 0 aliphatic heterocycles. The van der Waals surface area contributed by atoms with Crippen molar-refractivity contribution in [3.05, 3.63) is 45.5 Å². The molecule has 0 spiro atoms. The summed E-state index contributed by atoms with van der Waals surface area (Å²) in [6.07, 6.45) is 2.29. The molecular formula is C13H12FN3O. The first-order valence-electron chi connectivity index (χ1n) is 5.82. The van der Waals surface area contributed by atoms with Gasteiger partial charge in [-0.3, -0.25) is 9.78 Å². The van der Waals surface area contributed by atoms with Crippen LogP contribution in [0.3, 0.4) is 0 Å². The number of halogens is 1. The number of aryl methyl sites for hydroxylation is 1. The minimum Gasteiger partial charge on any atom is -0.369 e. The van der Waals surface area contributed by atoms with Gasteiger partial charge < -0.3 is 5.73 Å². The number of hydrogen-bond acceptors (Lipinski definition) is 3. The molecule has 0 fully saturated rings. The highest BCUT2D eigenvalue weighted by atomic mass is 19.1. The summed E-state index contributed by atoms with van der Waals surface area (Å²) in [6.45, 7) is 0. The maximum absolute atomic E-state index is 13.4. The Bertz CT molecular complexity index is 678. The number of fused-ring (bicyclic) bond motifs is 3. The molecule has 1 aliphatic rings. The molecule has 0 atom stereocenters. The van der Waals surface area contributed by atoms with Gasteiger partial charge in [0, 0.05) is 11.1 Å². The van der Waals surface area contributed by atoms with Crippen molar-refractivity contribution in [3.8, 4) is 11.3 Å². The third-order valence-corrected chi connectivity index (χ3v) is 3.23. The van der Waals surface area contributed by atoms with Crippen molar-refractivity contribution < 1.29 is 4.39 Å². The predicted molar refractivity (Wildman–Crippen MR) is 66.7 cm³/mol. The molecule has 0 saturated carbocycles. The Morgan fingerprint density at radius 3 is 3.00 bits per heavy atom. The molecule has 0 radical (unpaired) electrons. The fraction of sp³-hybridized carbons (Fsp3) is 0.231. The molecule has 5 heteroatoms. The van der Waals surface area contributed by atoms with Gasteiger partial charge in [-0.2, -0.15) is 0 Å². The highest BCUT2D eigenvalue weighted by molar-refractivity contribution is 5.68. The van der Waals surface area contributed by atoms with Crippen LogP contribution in [0.1, 0.15) is 17.5 Å². The zero-order valence-electron chi connectivity index (χ0n) is 9.66. The second kappa shape index (κ2) is 3.94. The molecule has 92 valence electrons. The van der Waals surface area contributed by atoms with E-state index in [9.17, 15) is 9.18 Å². The van der Waals surface area contributed by atoms with Gasteiger partial charge in [-0.25, -0.2) is 9.37 Å². The van der Waals surface area contributed by atoms with Crippen molar-refractivity contribution in [2.24, 2.45) is 0 Å². The lowest BCUT2D eigenvalue weighted by atomic mass is 10.0. The Morgan fingerprint density at radius 1 is 1.33 bits per heavy atom. The van der Waals surface area contributed by atoms with Gasteiger partial charge in [-0.15, -0.1) is 0 Å². The molecule has 0 saturated heterocycles. The normalized spacial score (nSPS) is 13.6. The number of anilines is 1. The molecule has 3 N–H and O–H groups in total. The van der Waals surface area contributed by atoms with E-state index in [2.05, 4.69) is 9.97 Å². The molecule has 1 aromatic heterocycles.